The number of urea groups is 1. The highest BCUT2D eigenvalue weighted by atomic mass is 16.5. The number of rotatable bonds is 5. The lowest BCUT2D eigenvalue weighted by molar-refractivity contribution is 0.262. The molecule has 3 heterocycles. The zero-order valence-electron chi connectivity index (χ0n) is 21.2. The molecule has 0 spiro atoms. The van der Waals surface area contributed by atoms with Crippen molar-refractivity contribution in [1.29, 1.82) is 0 Å². The number of hydrogen-bond donors (Lipinski definition) is 3. The van der Waals surface area contributed by atoms with Crippen LogP contribution in [0.2, 0.25) is 0 Å². The molecule has 0 aliphatic rings. The second-order valence-electron chi connectivity index (χ2n) is 6.84. The summed E-state index contributed by atoms with van der Waals surface area (Å²) >= 11 is 0. The number of nitrogens with one attached hydrogen (secondary N) is 3. The first-order chi connectivity index (χ1) is 17.1. The summed E-state index contributed by atoms with van der Waals surface area (Å²) in [4.78, 5) is 19.9. The van der Waals surface area contributed by atoms with Gasteiger partial charge in [0.25, 0.3) is 0 Å². The number of ether oxygens (including phenoxy) is 1. The van der Waals surface area contributed by atoms with Crippen LogP contribution in [0, 0.1) is 0 Å². The lowest BCUT2D eigenvalue weighted by Crippen LogP contribution is -2.19. The summed E-state index contributed by atoms with van der Waals surface area (Å²) in [5, 5.41) is 6.83. The standard InChI is InChI=1S/C24H21N5O2/c1-31-18-7-5-17(6-8-18)27-24(30)28-21-3-2-4-22-20(21)11-14-29(22)15-16-9-12-25-23-19(16)10-13-26-23/h2-14H,15H2,1H3,(H,25,26)(H2,27,28,30)/i1D3,15D2. The molecule has 7 heteroatoms. The number of fused-ring (bicyclic) bond motifs is 2. The number of anilines is 2. The molecule has 0 aliphatic heterocycles. The van der Waals surface area contributed by atoms with Crippen molar-refractivity contribution < 1.29 is 16.4 Å². The van der Waals surface area contributed by atoms with Crippen molar-refractivity contribution in [2.75, 3.05) is 17.7 Å². The molecule has 5 rings (SSSR count). The highest BCUT2D eigenvalue weighted by molar-refractivity contribution is 6.05. The average molecular weight is 416 g/mol. The number of aromatic nitrogens is 3. The molecule has 0 unspecified atom stereocenters. The number of carbonyl (C=O) groups is 1. The van der Waals surface area contributed by atoms with Crippen LogP contribution in [0.3, 0.4) is 0 Å². The monoisotopic (exact) mass is 416 g/mol. The molecule has 0 saturated carbocycles. The van der Waals surface area contributed by atoms with Crippen molar-refractivity contribution in [3.8, 4) is 5.75 Å². The first-order valence-electron chi connectivity index (χ1n) is 12.0. The predicted octanol–water partition coefficient (Wildman–Crippen LogP) is 5.22. The van der Waals surface area contributed by atoms with Gasteiger partial charge in [0.15, 0.2) is 0 Å². The molecule has 3 aromatic heterocycles. The fourth-order valence-electron chi connectivity index (χ4n) is 3.45. The maximum absolute atomic E-state index is 12.6. The molecular formula is C24H21N5O2. The van der Waals surface area contributed by atoms with Crippen LogP contribution in [-0.2, 0) is 6.50 Å². The van der Waals surface area contributed by atoms with Crippen molar-refractivity contribution in [3.63, 3.8) is 0 Å². The Morgan fingerprint density at radius 3 is 2.90 bits per heavy atom. The number of pyridine rings is 1. The SMILES string of the molecule is [2H]C([2H])([2H])Oc1ccc(NC(=O)Nc2cccc3c2ccn3C([2H])([2H])c2ccnc3[nH]ccc23)cc1. The minimum absolute atomic E-state index is 0.160. The Balaban J connectivity index is 1.38. The van der Waals surface area contributed by atoms with Crippen molar-refractivity contribution in [1.82, 2.24) is 14.5 Å². The number of amides is 2. The molecule has 0 aliphatic carbocycles. The van der Waals surface area contributed by atoms with E-state index in [1.807, 2.05) is 0 Å². The van der Waals surface area contributed by atoms with Crippen LogP contribution in [0.1, 0.15) is 12.4 Å². The summed E-state index contributed by atoms with van der Waals surface area (Å²) < 4.78 is 45.6. The van der Waals surface area contributed by atoms with Gasteiger partial charge in [0.2, 0.25) is 0 Å². The topological polar surface area (TPSA) is 84.0 Å². The number of hydrogen-bond acceptors (Lipinski definition) is 3. The van der Waals surface area contributed by atoms with Crippen LogP contribution < -0.4 is 15.4 Å². The summed E-state index contributed by atoms with van der Waals surface area (Å²) in [5.74, 6) is 0.160. The summed E-state index contributed by atoms with van der Waals surface area (Å²) in [6, 6.07) is 15.9. The number of aromatic amines is 1. The molecule has 5 aromatic rings. The predicted molar refractivity (Wildman–Crippen MR) is 123 cm³/mol. The van der Waals surface area contributed by atoms with Crippen molar-refractivity contribution in [2.24, 2.45) is 0 Å². The van der Waals surface area contributed by atoms with Gasteiger partial charge in [0.05, 0.1) is 25.1 Å². The van der Waals surface area contributed by atoms with E-state index >= 15 is 0 Å². The van der Waals surface area contributed by atoms with Gasteiger partial charge in [-0.1, -0.05) is 6.07 Å². The molecule has 0 saturated heterocycles. The smallest absolute Gasteiger partial charge is 0.323 e. The molecule has 31 heavy (non-hydrogen) atoms. The van der Waals surface area contributed by atoms with Gasteiger partial charge in [-0.2, -0.15) is 0 Å². The molecule has 0 fully saturated rings. The highest BCUT2D eigenvalue weighted by Crippen LogP contribution is 2.27. The van der Waals surface area contributed by atoms with Gasteiger partial charge in [0.1, 0.15) is 11.4 Å². The summed E-state index contributed by atoms with van der Waals surface area (Å²) in [5.41, 5.74) is 2.62. The van der Waals surface area contributed by atoms with E-state index in [2.05, 4.69) is 20.6 Å². The van der Waals surface area contributed by atoms with E-state index in [1.165, 1.54) is 28.8 Å². The van der Waals surface area contributed by atoms with Crippen molar-refractivity contribution in [2.45, 2.75) is 6.50 Å². The molecule has 0 atom stereocenters. The second kappa shape index (κ2) is 7.87. The fourth-order valence-corrected chi connectivity index (χ4v) is 3.45. The van der Waals surface area contributed by atoms with E-state index in [1.54, 1.807) is 55.0 Å². The molecule has 0 radical (unpaired) electrons. The van der Waals surface area contributed by atoms with Gasteiger partial charge in [-0.25, -0.2) is 9.78 Å². The van der Waals surface area contributed by atoms with Crippen LogP contribution in [0.5, 0.6) is 5.75 Å². The molecule has 7 nitrogen and oxygen atoms in total. The Kier molecular flexibility index (Phi) is 3.52. The van der Waals surface area contributed by atoms with Crippen LogP contribution in [0.15, 0.2) is 79.3 Å². The third-order valence-corrected chi connectivity index (χ3v) is 4.91. The Hall–Kier alpha value is -4.26. The van der Waals surface area contributed by atoms with E-state index < -0.39 is 19.6 Å². The molecule has 2 aromatic carbocycles. The van der Waals surface area contributed by atoms with E-state index in [0.717, 1.165) is 0 Å². The Bertz CT molecular complexity index is 1560. The number of methoxy groups -OCH3 is 1. The normalized spacial score (nSPS) is 14.3. The molecular weight excluding hydrogens is 390 g/mol. The maximum Gasteiger partial charge on any atom is 0.323 e. The third kappa shape index (κ3) is 3.69. The average Bonchev–Trinajstić information content (AvgIpc) is 3.47. The van der Waals surface area contributed by atoms with Gasteiger partial charge in [-0.3, -0.25) is 0 Å². The van der Waals surface area contributed by atoms with Gasteiger partial charge in [-0.15, -0.1) is 0 Å². The maximum atomic E-state index is 12.6. The Morgan fingerprint density at radius 1 is 1.13 bits per heavy atom. The number of nitrogens with zero attached hydrogens (tertiary/aromatic N) is 2. The molecule has 3 N–H and O–H groups in total. The lowest BCUT2D eigenvalue weighted by Gasteiger charge is -2.11. The summed E-state index contributed by atoms with van der Waals surface area (Å²) in [6.45, 7) is -1.88. The van der Waals surface area contributed by atoms with E-state index in [-0.39, 0.29) is 5.75 Å². The number of benzene rings is 2. The van der Waals surface area contributed by atoms with E-state index in [4.69, 9.17) is 11.6 Å². The van der Waals surface area contributed by atoms with Crippen molar-refractivity contribution in [3.05, 3.63) is 84.8 Å². The molecule has 2 amide bonds. The molecule has 154 valence electrons. The zero-order chi connectivity index (χ0) is 25.5. The van der Waals surface area contributed by atoms with Gasteiger partial charge >= 0.3 is 6.03 Å². The first kappa shape index (κ1) is 13.9. The second-order valence-corrected chi connectivity index (χ2v) is 6.84. The molecule has 0 bridgehead atoms. The van der Waals surface area contributed by atoms with Crippen LogP contribution in [-0.4, -0.2) is 27.6 Å². The van der Waals surface area contributed by atoms with Crippen LogP contribution in [0.4, 0.5) is 16.2 Å². The van der Waals surface area contributed by atoms with E-state index in [0.29, 0.717) is 38.9 Å². The van der Waals surface area contributed by atoms with Crippen molar-refractivity contribution >= 4 is 39.3 Å². The Labute approximate surface area is 185 Å². The first-order valence-corrected chi connectivity index (χ1v) is 9.52. The Morgan fingerprint density at radius 2 is 2.03 bits per heavy atom. The van der Waals surface area contributed by atoms with Gasteiger partial charge < -0.3 is 24.9 Å². The lowest BCUT2D eigenvalue weighted by atomic mass is 10.2. The minimum atomic E-state index is -2.55. The third-order valence-electron chi connectivity index (χ3n) is 4.91. The van der Waals surface area contributed by atoms with Gasteiger partial charge in [-0.05, 0) is 60.2 Å². The highest BCUT2D eigenvalue weighted by Gasteiger charge is 2.11. The summed E-state index contributed by atoms with van der Waals surface area (Å²) in [6.07, 6.45) is 4.94. The van der Waals surface area contributed by atoms with Crippen LogP contribution >= 0.6 is 0 Å². The minimum Gasteiger partial charge on any atom is -0.497 e. The zero-order valence-corrected chi connectivity index (χ0v) is 16.2. The van der Waals surface area contributed by atoms with E-state index in [9.17, 15) is 4.79 Å². The van der Waals surface area contributed by atoms with Crippen LogP contribution in [0.25, 0.3) is 21.9 Å². The number of carbonyl (C=O) groups excluding carboxylic acids is 1. The fraction of sp³-hybridized carbons (Fsp3) is 0.0833. The summed E-state index contributed by atoms with van der Waals surface area (Å²) in [7, 11) is -2.55. The quantitative estimate of drug-likeness (QED) is 0.367. The number of H-pyrrole nitrogens is 1. The van der Waals surface area contributed by atoms with Gasteiger partial charge in [0, 0.05) is 41.5 Å². The largest absolute Gasteiger partial charge is 0.497 e.